The quantitative estimate of drug-likeness (QED) is 0.898. The number of benzene rings is 2. The maximum atomic E-state index is 12.3. The maximum absolute atomic E-state index is 12.3. The van der Waals surface area contributed by atoms with Crippen LogP contribution in [-0.4, -0.2) is 17.4 Å². The van der Waals surface area contributed by atoms with Crippen LogP contribution in [0.5, 0.6) is 0 Å². The van der Waals surface area contributed by atoms with Gasteiger partial charge in [-0.25, -0.2) is 0 Å². The third-order valence-corrected chi connectivity index (χ3v) is 4.56. The number of nitrogens with one attached hydrogen (secondary N) is 1. The van der Waals surface area contributed by atoms with Gasteiger partial charge in [-0.3, -0.25) is 9.69 Å². The lowest BCUT2D eigenvalue weighted by atomic mass is 10.1. The molecule has 0 saturated heterocycles. The summed E-state index contributed by atoms with van der Waals surface area (Å²) in [4.78, 5) is 14.4. The predicted molar refractivity (Wildman–Crippen MR) is 93.6 cm³/mol. The first kappa shape index (κ1) is 16.3. The number of halogens is 2. The van der Waals surface area contributed by atoms with Crippen LogP contribution in [0.2, 0.25) is 10.0 Å². The lowest BCUT2D eigenvalue weighted by molar-refractivity contribution is -0.123. The van der Waals surface area contributed by atoms with Crippen molar-refractivity contribution in [3.05, 3.63) is 69.2 Å². The van der Waals surface area contributed by atoms with E-state index in [1.807, 2.05) is 49.4 Å². The zero-order valence-electron chi connectivity index (χ0n) is 12.9. The Hall–Kier alpha value is -1.55. The number of amides is 1. The third-order valence-electron chi connectivity index (χ3n) is 4.07. The lowest BCUT2D eigenvalue weighted by Gasteiger charge is -2.18. The molecule has 0 spiro atoms. The molecule has 1 heterocycles. The topological polar surface area (TPSA) is 32.3 Å². The summed E-state index contributed by atoms with van der Waals surface area (Å²) in [5, 5.41) is 4.47. The van der Waals surface area contributed by atoms with E-state index in [0.717, 1.165) is 23.7 Å². The minimum atomic E-state index is -0.0424. The molecule has 120 valence electrons. The summed E-state index contributed by atoms with van der Waals surface area (Å²) in [5.74, 6) is 0.0198. The number of carbonyl (C=O) groups excluding carboxylic acids is 1. The van der Waals surface area contributed by atoms with Crippen molar-refractivity contribution in [1.82, 2.24) is 10.2 Å². The van der Waals surface area contributed by atoms with E-state index in [0.29, 0.717) is 11.6 Å². The number of hydrogen-bond acceptors (Lipinski definition) is 2. The fraction of sp³-hybridized carbons (Fsp3) is 0.278. The average Bonchev–Trinajstić information content (AvgIpc) is 2.88. The van der Waals surface area contributed by atoms with Gasteiger partial charge in [-0.2, -0.15) is 0 Å². The van der Waals surface area contributed by atoms with Crippen molar-refractivity contribution in [2.75, 3.05) is 6.54 Å². The van der Waals surface area contributed by atoms with Gasteiger partial charge in [-0.05, 0) is 47.9 Å². The van der Waals surface area contributed by atoms with Crippen LogP contribution in [0.4, 0.5) is 0 Å². The van der Waals surface area contributed by atoms with E-state index < -0.39 is 0 Å². The van der Waals surface area contributed by atoms with Crippen LogP contribution < -0.4 is 5.32 Å². The second-order valence-corrected chi connectivity index (χ2v) is 6.77. The van der Waals surface area contributed by atoms with Gasteiger partial charge in [0.2, 0.25) is 5.91 Å². The first-order chi connectivity index (χ1) is 11.0. The lowest BCUT2D eigenvalue weighted by Crippen LogP contribution is -2.36. The van der Waals surface area contributed by atoms with Gasteiger partial charge in [-0.15, -0.1) is 0 Å². The van der Waals surface area contributed by atoms with Crippen LogP contribution in [0.15, 0.2) is 42.5 Å². The fourth-order valence-corrected chi connectivity index (χ4v) is 3.19. The summed E-state index contributed by atoms with van der Waals surface area (Å²) in [6.07, 6.45) is 0. The number of carbonyl (C=O) groups is 1. The van der Waals surface area contributed by atoms with Crippen molar-refractivity contribution < 1.29 is 4.79 Å². The van der Waals surface area contributed by atoms with Gasteiger partial charge in [0.15, 0.2) is 0 Å². The zero-order chi connectivity index (χ0) is 16.4. The first-order valence-corrected chi connectivity index (χ1v) is 8.31. The molecule has 3 rings (SSSR count). The normalized spacial score (nSPS) is 15.3. The highest BCUT2D eigenvalue weighted by Gasteiger charge is 2.21. The summed E-state index contributed by atoms with van der Waals surface area (Å²) in [7, 11) is 0. The van der Waals surface area contributed by atoms with E-state index >= 15 is 0 Å². The van der Waals surface area contributed by atoms with Crippen LogP contribution in [0.1, 0.15) is 29.7 Å². The van der Waals surface area contributed by atoms with E-state index in [9.17, 15) is 4.79 Å². The minimum absolute atomic E-state index is 0.0198. The van der Waals surface area contributed by atoms with Crippen LogP contribution in [0, 0.1) is 0 Å². The average molecular weight is 349 g/mol. The van der Waals surface area contributed by atoms with Crippen molar-refractivity contribution in [3.8, 4) is 0 Å². The van der Waals surface area contributed by atoms with Crippen LogP contribution in [-0.2, 0) is 17.9 Å². The molecule has 1 aliphatic rings. The molecule has 0 aromatic heterocycles. The Bertz CT molecular complexity index is 715. The SMILES string of the molecule is C[C@H](NC(=O)CN1Cc2ccc(Cl)cc2C1)c1ccc(Cl)cc1. The van der Waals surface area contributed by atoms with E-state index in [2.05, 4.69) is 10.2 Å². The van der Waals surface area contributed by atoms with Gasteiger partial charge in [-0.1, -0.05) is 41.4 Å². The van der Waals surface area contributed by atoms with Crippen molar-refractivity contribution in [1.29, 1.82) is 0 Å². The van der Waals surface area contributed by atoms with Crippen LogP contribution in [0.25, 0.3) is 0 Å². The molecule has 1 aliphatic heterocycles. The second kappa shape index (κ2) is 6.91. The molecule has 0 radical (unpaired) electrons. The Kier molecular flexibility index (Phi) is 4.90. The first-order valence-electron chi connectivity index (χ1n) is 7.56. The summed E-state index contributed by atoms with van der Waals surface area (Å²) in [6, 6.07) is 13.4. The molecule has 1 N–H and O–H groups in total. The zero-order valence-corrected chi connectivity index (χ0v) is 14.4. The molecule has 23 heavy (non-hydrogen) atoms. The van der Waals surface area contributed by atoms with Gasteiger partial charge in [0, 0.05) is 23.1 Å². The van der Waals surface area contributed by atoms with Crippen molar-refractivity contribution >= 4 is 29.1 Å². The molecular formula is C18H18Cl2N2O. The molecule has 1 atom stereocenters. The summed E-state index contributed by atoms with van der Waals surface area (Å²) in [6.45, 7) is 3.90. The number of nitrogens with zero attached hydrogens (tertiary/aromatic N) is 1. The molecule has 3 nitrogen and oxygen atoms in total. The molecule has 0 unspecified atom stereocenters. The third kappa shape index (κ3) is 4.05. The molecule has 0 fully saturated rings. The predicted octanol–water partition coefficient (Wildman–Crippen LogP) is 4.19. The van der Waals surface area contributed by atoms with E-state index in [1.54, 1.807) is 0 Å². The Morgan fingerprint density at radius 1 is 1.09 bits per heavy atom. The Morgan fingerprint density at radius 2 is 1.74 bits per heavy atom. The van der Waals surface area contributed by atoms with Crippen LogP contribution in [0.3, 0.4) is 0 Å². The van der Waals surface area contributed by atoms with Gasteiger partial charge in [0.1, 0.15) is 0 Å². The Balaban J connectivity index is 1.55. The highest BCUT2D eigenvalue weighted by molar-refractivity contribution is 6.30. The molecule has 0 saturated carbocycles. The largest absolute Gasteiger partial charge is 0.348 e. The van der Waals surface area contributed by atoms with Crippen molar-refractivity contribution in [2.45, 2.75) is 26.1 Å². The summed E-state index contributed by atoms with van der Waals surface area (Å²) in [5.41, 5.74) is 3.49. The molecule has 0 bridgehead atoms. The van der Waals surface area contributed by atoms with E-state index in [1.165, 1.54) is 11.1 Å². The highest BCUT2D eigenvalue weighted by atomic mass is 35.5. The van der Waals surface area contributed by atoms with E-state index in [-0.39, 0.29) is 11.9 Å². The monoisotopic (exact) mass is 348 g/mol. The van der Waals surface area contributed by atoms with Crippen molar-refractivity contribution in [3.63, 3.8) is 0 Å². The van der Waals surface area contributed by atoms with E-state index in [4.69, 9.17) is 23.2 Å². The molecular weight excluding hydrogens is 331 g/mol. The minimum Gasteiger partial charge on any atom is -0.348 e. The van der Waals surface area contributed by atoms with Gasteiger partial charge >= 0.3 is 0 Å². The molecule has 5 heteroatoms. The van der Waals surface area contributed by atoms with Crippen molar-refractivity contribution in [2.24, 2.45) is 0 Å². The molecule has 1 amide bonds. The fourth-order valence-electron chi connectivity index (χ4n) is 2.87. The number of rotatable bonds is 4. The molecule has 0 aliphatic carbocycles. The maximum Gasteiger partial charge on any atom is 0.234 e. The number of hydrogen-bond donors (Lipinski definition) is 1. The highest BCUT2D eigenvalue weighted by Crippen LogP contribution is 2.25. The Morgan fingerprint density at radius 3 is 2.48 bits per heavy atom. The standard InChI is InChI=1S/C18H18Cl2N2O/c1-12(13-2-5-16(19)6-3-13)21-18(23)11-22-9-14-4-7-17(20)8-15(14)10-22/h2-8,12H,9-11H2,1H3,(H,21,23)/t12-/m0/s1. The summed E-state index contributed by atoms with van der Waals surface area (Å²) >= 11 is 11.9. The van der Waals surface area contributed by atoms with Crippen LogP contribution >= 0.6 is 23.2 Å². The Labute approximate surface area is 146 Å². The number of fused-ring (bicyclic) bond motifs is 1. The second-order valence-electron chi connectivity index (χ2n) is 5.90. The molecule has 2 aromatic rings. The smallest absolute Gasteiger partial charge is 0.234 e. The summed E-state index contributed by atoms with van der Waals surface area (Å²) < 4.78 is 0. The van der Waals surface area contributed by atoms with Gasteiger partial charge < -0.3 is 5.32 Å². The van der Waals surface area contributed by atoms with Gasteiger partial charge in [0.05, 0.1) is 12.6 Å². The van der Waals surface area contributed by atoms with Gasteiger partial charge in [0.25, 0.3) is 0 Å². The molecule has 2 aromatic carbocycles.